The van der Waals surface area contributed by atoms with Crippen molar-refractivity contribution in [1.82, 2.24) is 0 Å². The van der Waals surface area contributed by atoms with E-state index in [1.165, 1.54) is 6.07 Å². The lowest BCUT2D eigenvalue weighted by Gasteiger charge is -2.50. The van der Waals surface area contributed by atoms with Crippen molar-refractivity contribution in [2.45, 2.75) is 31.0 Å². The second-order valence-electron chi connectivity index (χ2n) is 7.98. The highest BCUT2D eigenvalue weighted by atomic mass is 32.3. The number of hydrogen-bond donors (Lipinski definition) is 7. The number of primary amides is 1. The molecule has 0 aliphatic heterocycles. The first kappa shape index (κ1) is 23.8. The van der Waals surface area contributed by atoms with Crippen molar-refractivity contribution in [3.8, 4) is 5.75 Å². The molecule has 174 valence electrons. The summed E-state index contributed by atoms with van der Waals surface area (Å²) in [7, 11) is -4.67. The molecule has 1 aromatic carbocycles. The highest BCUT2D eigenvalue weighted by molar-refractivity contribution is 7.79. The zero-order valence-electron chi connectivity index (χ0n) is 16.4. The van der Waals surface area contributed by atoms with E-state index in [1.807, 2.05) is 0 Å². The van der Waals surface area contributed by atoms with Crippen LogP contribution in [0.1, 0.15) is 24.0 Å². The number of nitrogens with two attached hydrogens (primary N) is 1. The SMILES string of the molecule is NC(=O)C1C2Cc3cccc(O)c3C(O)=C2C(=O)C2(O)C(=O)CC(O)CC12.O=S(=O)(O)O. The molecule has 2 saturated carbocycles. The van der Waals surface area contributed by atoms with Crippen LogP contribution in [0.15, 0.2) is 23.8 Å². The van der Waals surface area contributed by atoms with E-state index in [0.717, 1.165) is 0 Å². The zero-order valence-corrected chi connectivity index (χ0v) is 17.2. The van der Waals surface area contributed by atoms with Crippen LogP contribution < -0.4 is 5.73 Å². The number of benzene rings is 1. The third-order valence-electron chi connectivity index (χ3n) is 6.13. The summed E-state index contributed by atoms with van der Waals surface area (Å²) in [5.74, 6) is -6.67. The number of phenolic OH excluding ortho intramolecular Hbond substituents is 1. The van der Waals surface area contributed by atoms with Gasteiger partial charge in [-0.05, 0) is 24.5 Å². The van der Waals surface area contributed by atoms with E-state index in [-0.39, 0.29) is 29.7 Å². The Morgan fingerprint density at radius 3 is 2.28 bits per heavy atom. The molecule has 32 heavy (non-hydrogen) atoms. The summed E-state index contributed by atoms with van der Waals surface area (Å²) in [5.41, 5.74) is 3.34. The molecule has 0 spiro atoms. The van der Waals surface area contributed by atoms with Crippen LogP contribution >= 0.6 is 0 Å². The first-order valence-electron chi connectivity index (χ1n) is 9.40. The molecule has 1 aromatic rings. The number of phenols is 1. The molecule has 2 fully saturated rings. The van der Waals surface area contributed by atoms with Crippen LogP contribution in [0.25, 0.3) is 5.76 Å². The lowest BCUT2D eigenvalue weighted by atomic mass is 9.53. The fraction of sp³-hybridized carbons (Fsp3) is 0.421. The van der Waals surface area contributed by atoms with Gasteiger partial charge >= 0.3 is 10.4 Å². The number of rotatable bonds is 1. The van der Waals surface area contributed by atoms with Crippen LogP contribution in [-0.4, -0.2) is 67.1 Å². The van der Waals surface area contributed by atoms with E-state index in [2.05, 4.69) is 0 Å². The summed E-state index contributed by atoms with van der Waals surface area (Å²) in [4.78, 5) is 37.9. The van der Waals surface area contributed by atoms with Crippen LogP contribution in [0.2, 0.25) is 0 Å². The summed E-state index contributed by atoms with van der Waals surface area (Å²) in [5, 5.41) is 41.8. The summed E-state index contributed by atoms with van der Waals surface area (Å²) in [6.07, 6.45) is -1.51. The quantitative estimate of drug-likeness (QED) is 0.192. The number of carbonyl (C=O) groups excluding carboxylic acids is 3. The molecule has 0 radical (unpaired) electrons. The summed E-state index contributed by atoms with van der Waals surface area (Å²) >= 11 is 0. The molecule has 1 amide bonds. The molecule has 5 atom stereocenters. The van der Waals surface area contributed by atoms with E-state index < -0.39 is 69.5 Å². The van der Waals surface area contributed by atoms with Crippen molar-refractivity contribution >= 4 is 33.6 Å². The smallest absolute Gasteiger partial charge is 0.394 e. The third-order valence-corrected chi connectivity index (χ3v) is 6.13. The second kappa shape index (κ2) is 7.94. The maximum Gasteiger partial charge on any atom is 0.394 e. The Morgan fingerprint density at radius 1 is 1.12 bits per heavy atom. The van der Waals surface area contributed by atoms with Crippen molar-refractivity contribution in [1.29, 1.82) is 0 Å². The van der Waals surface area contributed by atoms with Crippen molar-refractivity contribution in [3.05, 3.63) is 34.9 Å². The Kier molecular flexibility index (Phi) is 5.91. The molecular weight excluding hydrogens is 450 g/mol. The van der Waals surface area contributed by atoms with Gasteiger partial charge in [0.15, 0.2) is 11.4 Å². The van der Waals surface area contributed by atoms with Crippen LogP contribution in [0, 0.1) is 17.8 Å². The van der Waals surface area contributed by atoms with E-state index >= 15 is 0 Å². The predicted octanol–water partition coefficient (Wildman–Crippen LogP) is -1.06. The Hall–Kier alpha value is -2.84. The Bertz CT molecular complexity index is 1130. The molecule has 0 bridgehead atoms. The molecule has 0 saturated heterocycles. The number of fused-ring (bicyclic) bond motifs is 3. The van der Waals surface area contributed by atoms with E-state index in [1.54, 1.807) is 12.1 Å². The standard InChI is InChI=1S/C19H19NO7.H2O4S/c20-18(26)14-9-4-7-2-1-3-11(22)13(7)16(24)15(9)17(25)19(27)10(14)5-8(21)6-12(19)23;1-5(2,3)4/h1-3,8-10,14,21-22,24,27H,4-6H2,(H2,20,26);(H2,1,2,3,4). The van der Waals surface area contributed by atoms with Crippen molar-refractivity contribution in [3.63, 3.8) is 0 Å². The van der Waals surface area contributed by atoms with Gasteiger partial charge in [0, 0.05) is 23.8 Å². The highest BCUT2D eigenvalue weighted by Gasteiger charge is 2.64. The fourth-order valence-corrected chi connectivity index (χ4v) is 4.97. The van der Waals surface area contributed by atoms with Gasteiger partial charge in [0.2, 0.25) is 11.7 Å². The number of aliphatic hydroxyl groups excluding tert-OH is 2. The predicted molar refractivity (Wildman–Crippen MR) is 105 cm³/mol. The molecule has 3 aliphatic rings. The van der Waals surface area contributed by atoms with Gasteiger partial charge in [0.05, 0.1) is 17.6 Å². The van der Waals surface area contributed by atoms with Gasteiger partial charge in [-0.3, -0.25) is 23.5 Å². The van der Waals surface area contributed by atoms with Crippen LogP contribution in [0.5, 0.6) is 5.75 Å². The minimum absolute atomic E-state index is 0.0469. The van der Waals surface area contributed by atoms with Gasteiger partial charge in [-0.15, -0.1) is 0 Å². The summed E-state index contributed by atoms with van der Waals surface area (Å²) in [6, 6.07) is 4.56. The third kappa shape index (κ3) is 3.89. The monoisotopic (exact) mass is 471 g/mol. The van der Waals surface area contributed by atoms with Gasteiger partial charge in [-0.25, -0.2) is 0 Å². The van der Waals surface area contributed by atoms with Crippen molar-refractivity contribution in [2.75, 3.05) is 0 Å². The lowest BCUT2D eigenvalue weighted by Crippen LogP contribution is -2.66. The number of amides is 1. The van der Waals surface area contributed by atoms with Crippen molar-refractivity contribution < 1.29 is 52.3 Å². The van der Waals surface area contributed by atoms with E-state index in [4.69, 9.17) is 23.3 Å². The fourth-order valence-electron chi connectivity index (χ4n) is 4.97. The maximum absolute atomic E-state index is 13.1. The van der Waals surface area contributed by atoms with Gasteiger partial charge in [0.1, 0.15) is 11.5 Å². The van der Waals surface area contributed by atoms with Gasteiger partial charge in [-0.2, -0.15) is 8.42 Å². The number of aromatic hydroxyl groups is 1. The molecule has 13 heteroatoms. The van der Waals surface area contributed by atoms with Gasteiger partial charge in [0.25, 0.3) is 0 Å². The number of hydrogen-bond acceptors (Lipinski definition) is 9. The van der Waals surface area contributed by atoms with Crippen molar-refractivity contribution in [2.24, 2.45) is 23.5 Å². The lowest BCUT2D eigenvalue weighted by molar-refractivity contribution is -0.173. The van der Waals surface area contributed by atoms with Crippen LogP contribution in [-0.2, 0) is 31.2 Å². The molecule has 0 heterocycles. The average molecular weight is 471 g/mol. The second-order valence-corrected chi connectivity index (χ2v) is 8.87. The number of ketones is 2. The maximum atomic E-state index is 13.1. The van der Waals surface area contributed by atoms with Gasteiger partial charge < -0.3 is 26.2 Å². The van der Waals surface area contributed by atoms with E-state index in [0.29, 0.717) is 5.56 Å². The average Bonchev–Trinajstić information content (AvgIpc) is 2.63. The molecule has 12 nitrogen and oxygen atoms in total. The number of Topliss-reactive ketones (excluding diaryl/α,β-unsaturated/α-hetero) is 2. The van der Waals surface area contributed by atoms with Crippen LogP contribution in [0.4, 0.5) is 0 Å². The molecular formula is C19H21NO11S. The normalized spacial score (nSPS) is 31.6. The Labute approximate surface area is 181 Å². The Balaban J connectivity index is 0.000000523. The first-order chi connectivity index (χ1) is 14.7. The minimum Gasteiger partial charge on any atom is -0.507 e. The number of carbonyl (C=O) groups is 3. The van der Waals surface area contributed by atoms with Gasteiger partial charge in [-0.1, -0.05) is 12.1 Å². The Morgan fingerprint density at radius 2 is 1.72 bits per heavy atom. The molecule has 5 unspecified atom stereocenters. The summed E-state index contributed by atoms with van der Waals surface area (Å²) in [6.45, 7) is 0. The minimum atomic E-state index is -4.67. The van der Waals surface area contributed by atoms with E-state index in [9.17, 15) is 34.8 Å². The largest absolute Gasteiger partial charge is 0.507 e. The topological polar surface area (TPSA) is 233 Å². The first-order valence-corrected chi connectivity index (χ1v) is 10.8. The summed E-state index contributed by atoms with van der Waals surface area (Å²) < 4.78 is 31.6. The molecule has 3 aliphatic carbocycles. The molecule has 4 rings (SSSR count). The highest BCUT2D eigenvalue weighted by Crippen LogP contribution is 2.53. The van der Waals surface area contributed by atoms with Crippen LogP contribution in [0.3, 0.4) is 0 Å². The molecule has 8 N–H and O–H groups in total. The number of aliphatic hydroxyl groups is 3. The zero-order chi connectivity index (χ0) is 24.2. The molecule has 0 aromatic heterocycles.